The molecule has 98 valence electrons. The van der Waals surface area contributed by atoms with E-state index >= 15 is 0 Å². The van der Waals surface area contributed by atoms with Gasteiger partial charge in [0.15, 0.2) is 5.78 Å². The minimum absolute atomic E-state index is 0.0693. The van der Waals surface area contributed by atoms with Gasteiger partial charge in [-0.15, -0.1) is 0 Å². The predicted octanol–water partition coefficient (Wildman–Crippen LogP) is 4.65. The van der Waals surface area contributed by atoms with Gasteiger partial charge >= 0.3 is 0 Å². The van der Waals surface area contributed by atoms with E-state index in [4.69, 9.17) is 16.3 Å². The summed E-state index contributed by atoms with van der Waals surface area (Å²) in [5.41, 5.74) is 2.12. The van der Waals surface area contributed by atoms with Crippen LogP contribution in [-0.2, 0) is 0 Å². The van der Waals surface area contributed by atoms with Gasteiger partial charge in [0.05, 0.1) is 7.11 Å². The first-order chi connectivity index (χ1) is 9.01. The maximum atomic E-state index is 12.4. The van der Waals surface area contributed by atoms with E-state index in [0.717, 1.165) is 5.56 Å². The van der Waals surface area contributed by atoms with E-state index < -0.39 is 0 Å². The summed E-state index contributed by atoms with van der Waals surface area (Å²) in [5, 5.41) is 0.563. The van der Waals surface area contributed by atoms with E-state index in [9.17, 15) is 4.79 Å². The lowest BCUT2D eigenvalue weighted by atomic mass is 10.0. The number of hydrogen-bond donors (Lipinski definition) is 0. The lowest BCUT2D eigenvalue weighted by molar-refractivity contribution is 0.103. The molecule has 4 heteroatoms. The van der Waals surface area contributed by atoms with Crippen LogP contribution >= 0.6 is 27.5 Å². The highest BCUT2D eigenvalue weighted by molar-refractivity contribution is 9.10. The van der Waals surface area contributed by atoms with Crippen LogP contribution in [0.4, 0.5) is 0 Å². The first-order valence-electron chi connectivity index (χ1n) is 5.66. The van der Waals surface area contributed by atoms with Crippen molar-refractivity contribution >= 4 is 33.3 Å². The van der Waals surface area contributed by atoms with Crippen LogP contribution in [0.1, 0.15) is 21.5 Å². The van der Waals surface area contributed by atoms with Gasteiger partial charge < -0.3 is 4.74 Å². The van der Waals surface area contributed by atoms with Crippen molar-refractivity contribution in [1.29, 1.82) is 0 Å². The van der Waals surface area contributed by atoms with Crippen molar-refractivity contribution in [3.8, 4) is 5.75 Å². The zero-order valence-electron chi connectivity index (χ0n) is 10.5. The zero-order chi connectivity index (χ0) is 14.0. The van der Waals surface area contributed by atoms with Crippen LogP contribution in [0.5, 0.6) is 5.75 Å². The molecule has 19 heavy (non-hydrogen) atoms. The molecule has 2 nitrogen and oxygen atoms in total. The highest BCUT2D eigenvalue weighted by Gasteiger charge is 2.14. The largest absolute Gasteiger partial charge is 0.497 e. The first kappa shape index (κ1) is 14.1. The summed E-state index contributed by atoms with van der Waals surface area (Å²) < 4.78 is 5.81. The molecule has 0 saturated carbocycles. The smallest absolute Gasteiger partial charge is 0.194 e. The van der Waals surface area contributed by atoms with E-state index in [1.54, 1.807) is 31.4 Å². The second-order valence-electron chi connectivity index (χ2n) is 4.19. The second kappa shape index (κ2) is 5.76. The Labute approximate surface area is 125 Å². The molecule has 0 aliphatic carbocycles. The SMILES string of the molecule is COc1ccc(C(=O)c2cc(C)cc(Cl)c2)c(Br)c1. The van der Waals surface area contributed by atoms with Crippen molar-refractivity contribution in [3.63, 3.8) is 0 Å². The summed E-state index contributed by atoms with van der Waals surface area (Å²) in [5.74, 6) is 0.630. The lowest BCUT2D eigenvalue weighted by Gasteiger charge is -2.07. The van der Waals surface area contributed by atoms with E-state index in [1.165, 1.54) is 0 Å². The van der Waals surface area contributed by atoms with Crippen LogP contribution in [0.2, 0.25) is 5.02 Å². The van der Waals surface area contributed by atoms with Crippen LogP contribution in [0.3, 0.4) is 0 Å². The van der Waals surface area contributed by atoms with E-state index in [0.29, 0.717) is 26.4 Å². The average molecular weight is 340 g/mol. The maximum Gasteiger partial charge on any atom is 0.194 e. The Bertz CT molecular complexity index is 618. The van der Waals surface area contributed by atoms with Crippen molar-refractivity contribution in [3.05, 3.63) is 62.6 Å². The minimum atomic E-state index is -0.0693. The standard InChI is InChI=1S/C15H12BrClO2/c1-9-5-10(7-11(17)6-9)15(18)13-4-3-12(19-2)8-14(13)16/h3-8H,1-2H3. The Balaban J connectivity index is 2.44. The van der Waals surface area contributed by atoms with Gasteiger partial charge in [0.1, 0.15) is 5.75 Å². The van der Waals surface area contributed by atoms with Gasteiger partial charge in [-0.2, -0.15) is 0 Å². The third kappa shape index (κ3) is 3.17. The van der Waals surface area contributed by atoms with Gasteiger partial charge in [-0.3, -0.25) is 4.79 Å². The van der Waals surface area contributed by atoms with Crippen molar-refractivity contribution in [2.24, 2.45) is 0 Å². The number of ether oxygens (including phenoxy) is 1. The number of rotatable bonds is 3. The fraction of sp³-hybridized carbons (Fsp3) is 0.133. The fourth-order valence-corrected chi connectivity index (χ4v) is 2.66. The number of carbonyl (C=O) groups excluding carboxylic acids is 1. The summed E-state index contributed by atoms with van der Waals surface area (Å²) in [6.07, 6.45) is 0. The summed E-state index contributed by atoms with van der Waals surface area (Å²) in [7, 11) is 1.59. The number of aryl methyl sites for hydroxylation is 1. The molecule has 0 atom stereocenters. The van der Waals surface area contributed by atoms with Crippen molar-refractivity contribution in [1.82, 2.24) is 0 Å². The number of ketones is 1. The molecule has 0 unspecified atom stereocenters. The number of methoxy groups -OCH3 is 1. The van der Waals surface area contributed by atoms with Gasteiger partial charge in [0.2, 0.25) is 0 Å². The monoisotopic (exact) mass is 338 g/mol. The molecule has 2 aromatic carbocycles. The quantitative estimate of drug-likeness (QED) is 0.761. The number of carbonyl (C=O) groups is 1. The highest BCUT2D eigenvalue weighted by Crippen LogP contribution is 2.26. The molecule has 0 heterocycles. The van der Waals surface area contributed by atoms with Gasteiger partial charge in [-0.05, 0) is 64.8 Å². The fourth-order valence-electron chi connectivity index (χ4n) is 1.83. The molecule has 2 aromatic rings. The first-order valence-corrected chi connectivity index (χ1v) is 6.84. The Morgan fingerprint density at radius 2 is 1.95 bits per heavy atom. The van der Waals surface area contributed by atoms with Gasteiger partial charge in [0, 0.05) is 20.6 Å². The molecule has 0 spiro atoms. The topological polar surface area (TPSA) is 26.3 Å². The molecule has 2 rings (SSSR count). The van der Waals surface area contributed by atoms with Gasteiger partial charge in [-0.1, -0.05) is 11.6 Å². The van der Waals surface area contributed by atoms with Crippen molar-refractivity contribution in [2.75, 3.05) is 7.11 Å². The third-order valence-corrected chi connectivity index (χ3v) is 3.60. The minimum Gasteiger partial charge on any atom is -0.497 e. The average Bonchev–Trinajstić information content (AvgIpc) is 2.36. The van der Waals surface area contributed by atoms with E-state index in [1.807, 2.05) is 19.1 Å². The molecule has 0 aliphatic heterocycles. The summed E-state index contributed by atoms with van der Waals surface area (Å²) in [4.78, 5) is 12.4. The number of benzene rings is 2. The molecular weight excluding hydrogens is 328 g/mol. The Kier molecular flexibility index (Phi) is 4.27. The predicted molar refractivity (Wildman–Crippen MR) is 80.3 cm³/mol. The molecule has 0 aliphatic rings. The van der Waals surface area contributed by atoms with Crippen LogP contribution in [0.25, 0.3) is 0 Å². The number of halogens is 2. The Morgan fingerprint density at radius 3 is 2.53 bits per heavy atom. The molecule has 0 fully saturated rings. The van der Waals surface area contributed by atoms with Crippen molar-refractivity contribution in [2.45, 2.75) is 6.92 Å². The van der Waals surface area contributed by atoms with Crippen LogP contribution in [-0.4, -0.2) is 12.9 Å². The number of hydrogen-bond acceptors (Lipinski definition) is 2. The van der Waals surface area contributed by atoms with Crippen LogP contribution in [0.15, 0.2) is 40.9 Å². The molecule has 0 saturated heterocycles. The molecule has 0 N–H and O–H groups in total. The molecule has 0 radical (unpaired) electrons. The maximum absolute atomic E-state index is 12.4. The van der Waals surface area contributed by atoms with Gasteiger partial charge in [-0.25, -0.2) is 0 Å². The lowest BCUT2D eigenvalue weighted by Crippen LogP contribution is -2.03. The Morgan fingerprint density at radius 1 is 1.21 bits per heavy atom. The second-order valence-corrected chi connectivity index (χ2v) is 5.48. The van der Waals surface area contributed by atoms with E-state index in [-0.39, 0.29) is 5.78 Å². The van der Waals surface area contributed by atoms with Crippen LogP contribution in [0, 0.1) is 6.92 Å². The van der Waals surface area contributed by atoms with E-state index in [2.05, 4.69) is 15.9 Å². The Hall–Kier alpha value is -1.32. The molecular formula is C15H12BrClO2. The molecule has 0 bridgehead atoms. The summed E-state index contributed by atoms with van der Waals surface area (Å²) in [6, 6.07) is 10.6. The summed E-state index contributed by atoms with van der Waals surface area (Å²) >= 11 is 9.37. The molecule has 0 aromatic heterocycles. The third-order valence-electron chi connectivity index (χ3n) is 2.73. The van der Waals surface area contributed by atoms with Crippen LogP contribution < -0.4 is 4.74 Å². The highest BCUT2D eigenvalue weighted by atomic mass is 79.9. The molecule has 0 amide bonds. The normalized spacial score (nSPS) is 10.3. The zero-order valence-corrected chi connectivity index (χ0v) is 12.9. The summed E-state index contributed by atoms with van der Waals surface area (Å²) in [6.45, 7) is 1.91. The van der Waals surface area contributed by atoms with Gasteiger partial charge in [0.25, 0.3) is 0 Å². The van der Waals surface area contributed by atoms with Crippen molar-refractivity contribution < 1.29 is 9.53 Å².